The van der Waals surface area contributed by atoms with Gasteiger partial charge in [-0.05, 0) is 18.8 Å². The molecular weight excluding hydrogens is 228 g/mol. The van der Waals surface area contributed by atoms with Crippen LogP contribution in [0.15, 0.2) is 6.07 Å². The molecule has 1 aromatic rings. The van der Waals surface area contributed by atoms with Gasteiger partial charge in [-0.3, -0.25) is 0 Å². The van der Waals surface area contributed by atoms with Gasteiger partial charge in [-0.1, -0.05) is 26.2 Å². The molecule has 1 aliphatic rings. The maximum atomic E-state index is 5.67. The molecule has 5 nitrogen and oxygen atoms in total. The van der Waals surface area contributed by atoms with Crippen molar-refractivity contribution in [3.05, 3.63) is 6.07 Å². The molecule has 1 saturated carbocycles. The van der Waals surface area contributed by atoms with Gasteiger partial charge in [-0.2, -0.15) is 9.97 Å². The van der Waals surface area contributed by atoms with Crippen LogP contribution >= 0.6 is 0 Å². The molecule has 1 aliphatic carbocycles. The van der Waals surface area contributed by atoms with E-state index in [9.17, 15) is 0 Å². The molecule has 2 atom stereocenters. The Morgan fingerprint density at radius 3 is 2.89 bits per heavy atom. The van der Waals surface area contributed by atoms with Gasteiger partial charge < -0.3 is 15.8 Å². The number of methoxy groups -OCH3 is 1. The molecule has 2 rings (SSSR count). The number of nitrogens with zero attached hydrogens (tertiary/aromatic N) is 2. The molecule has 1 heterocycles. The van der Waals surface area contributed by atoms with Gasteiger partial charge in [0.2, 0.25) is 11.8 Å². The molecule has 0 aromatic carbocycles. The smallest absolute Gasteiger partial charge is 0.225 e. The summed E-state index contributed by atoms with van der Waals surface area (Å²) in [6.07, 6.45) is 6.32. The van der Waals surface area contributed by atoms with Crippen molar-refractivity contribution in [2.24, 2.45) is 5.92 Å². The first kappa shape index (κ1) is 12.9. The quantitative estimate of drug-likeness (QED) is 0.858. The summed E-state index contributed by atoms with van der Waals surface area (Å²) >= 11 is 0. The highest BCUT2D eigenvalue weighted by molar-refractivity contribution is 5.43. The van der Waals surface area contributed by atoms with Crippen molar-refractivity contribution < 1.29 is 4.74 Å². The van der Waals surface area contributed by atoms with Crippen LogP contribution in [0.3, 0.4) is 0 Å². The molecule has 0 saturated heterocycles. The van der Waals surface area contributed by atoms with Gasteiger partial charge in [0.05, 0.1) is 7.11 Å². The molecule has 3 N–H and O–H groups in total. The van der Waals surface area contributed by atoms with E-state index in [0.29, 0.717) is 11.9 Å². The SMILES string of the molecule is CCC1CCCCC1Nc1cc(OC)nc(N)n1. The number of aromatic nitrogens is 2. The average Bonchev–Trinajstić information content (AvgIpc) is 2.38. The van der Waals surface area contributed by atoms with Crippen LogP contribution < -0.4 is 15.8 Å². The van der Waals surface area contributed by atoms with Crippen molar-refractivity contribution >= 4 is 11.8 Å². The third-order valence-corrected chi connectivity index (χ3v) is 3.70. The van der Waals surface area contributed by atoms with Crippen LogP contribution in [0.25, 0.3) is 0 Å². The summed E-state index contributed by atoms with van der Waals surface area (Å²) in [7, 11) is 1.58. The van der Waals surface area contributed by atoms with Gasteiger partial charge in [0.15, 0.2) is 0 Å². The monoisotopic (exact) mass is 250 g/mol. The number of rotatable bonds is 4. The molecule has 0 aliphatic heterocycles. The topological polar surface area (TPSA) is 73.1 Å². The first-order chi connectivity index (χ1) is 8.72. The van der Waals surface area contributed by atoms with E-state index in [1.165, 1.54) is 32.1 Å². The fourth-order valence-electron chi connectivity index (χ4n) is 2.70. The second-order valence-corrected chi connectivity index (χ2v) is 4.86. The van der Waals surface area contributed by atoms with Crippen LogP contribution in [0.1, 0.15) is 39.0 Å². The van der Waals surface area contributed by atoms with Crippen molar-refractivity contribution in [1.29, 1.82) is 0 Å². The maximum absolute atomic E-state index is 5.67. The van der Waals surface area contributed by atoms with E-state index in [1.54, 1.807) is 13.2 Å². The standard InChI is InChI=1S/C13H22N4O/c1-3-9-6-4-5-7-10(9)15-11-8-12(18-2)17-13(14)16-11/h8-10H,3-7H2,1-2H3,(H3,14,15,16,17). The highest BCUT2D eigenvalue weighted by Crippen LogP contribution is 2.29. The normalized spacial score (nSPS) is 23.7. The third kappa shape index (κ3) is 3.03. The lowest BCUT2D eigenvalue weighted by Crippen LogP contribution is -2.32. The molecular formula is C13H22N4O. The molecule has 1 fully saturated rings. The predicted molar refractivity (Wildman–Crippen MR) is 72.7 cm³/mol. The van der Waals surface area contributed by atoms with Crippen molar-refractivity contribution in [2.75, 3.05) is 18.2 Å². The van der Waals surface area contributed by atoms with E-state index in [2.05, 4.69) is 22.2 Å². The summed E-state index contributed by atoms with van der Waals surface area (Å²) in [6.45, 7) is 2.25. The lowest BCUT2D eigenvalue weighted by molar-refractivity contribution is 0.316. The summed E-state index contributed by atoms with van der Waals surface area (Å²) in [5.41, 5.74) is 5.67. The largest absolute Gasteiger partial charge is 0.481 e. The van der Waals surface area contributed by atoms with Crippen LogP contribution in [-0.2, 0) is 0 Å². The molecule has 1 aromatic heterocycles. The molecule has 0 bridgehead atoms. The van der Waals surface area contributed by atoms with E-state index in [-0.39, 0.29) is 5.95 Å². The van der Waals surface area contributed by atoms with Gasteiger partial charge in [0.1, 0.15) is 5.82 Å². The van der Waals surface area contributed by atoms with Crippen molar-refractivity contribution in [3.63, 3.8) is 0 Å². The Balaban J connectivity index is 2.09. The number of nitrogen functional groups attached to an aromatic ring is 1. The average molecular weight is 250 g/mol. The summed E-state index contributed by atoms with van der Waals surface area (Å²) in [4.78, 5) is 8.21. The highest BCUT2D eigenvalue weighted by atomic mass is 16.5. The van der Waals surface area contributed by atoms with Gasteiger partial charge in [0, 0.05) is 12.1 Å². The number of nitrogens with two attached hydrogens (primary N) is 1. The number of hydrogen-bond donors (Lipinski definition) is 2. The minimum atomic E-state index is 0.251. The Morgan fingerprint density at radius 1 is 1.39 bits per heavy atom. The summed E-state index contributed by atoms with van der Waals surface area (Å²) < 4.78 is 5.11. The Hall–Kier alpha value is -1.52. The van der Waals surface area contributed by atoms with Gasteiger partial charge >= 0.3 is 0 Å². The van der Waals surface area contributed by atoms with E-state index < -0.39 is 0 Å². The second-order valence-electron chi connectivity index (χ2n) is 4.86. The Kier molecular flexibility index (Phi) is 4.23. The van der Waals surface area contributed by atoms with E-state index in [0.717, 1.165) is 11.7 Å². The summed E-state index contributed by atoms with van der Waals surface area (Å²) in [5.74, 6) is 2.25. The first-order valence-electron chi connectivity index (χ1n) is 6.68. The minimum absolute atomic E-state index is 0.251. The Bertz CT molecular complexity index is 397. The number of ether oxygens (including phenoxy) is 1. The van der Waals surface area contributed by atoms with Gasteiger partial charge in [-0.15, -0.1) is 0 Å². The highest BCUT2D eigenvalue weighted by Gasteiger charge is 2.23. The number of nitrogens with one attached hydrogen (secondary N) is 1. The summed E-state index contributed by atoms with van der Waals surface area (Å²) in [6, 6.07) is 2.29. The van der Waals surface area contributed by atoms with Gasteiger partial charge in [-0.25, -0.2) is 0 Å². The predicted octanol–water partition coefficient (Wildman–Crippen LogP) is 2.45. The Morgan fingerprint density at radius 2 is 2.17 bits per heavy atom. The number of anilines is 2. The number of hydrogen-bond acceptors (Lipinski definition) is 5. The van der Waals surface area contributed by atoms with Crippen LogP contribution in [0.5, 0.6) is 5.88 Å². The van der Waals surface area contributed by atoms with E-state index >= 15 is 0 Å². The maximum Gasteiger partial charge on any atom is 0.225 e. The van der Waals surface area contributed by atoms with E-state index in [4.69, 9.17) is 10.5 Å². The fraction of sp³-hybridized carbons (Fsp3) is 0.692. The summed E-state index contributed by atoms with van der Waals surface area (Å²) in [5, 5.41) is 3.49. The minimum Gasteiger partial charge on any atom is -0.481 e. The molecule has 100 valence electrons. The van der Waals surface area contributed by atoms with Crippen LogP contribution in [0.2, 0.25) is 0 Å². The van der Waals surface area contributed by atoms with E-state index in [1.807, 2.05) is 0 Å². The van der Waals surface area contributed by atoms with Gasteiger partial charge in [0.25, 0.3) is 0 Å². The van der Waals surface area contributed by atoms with Crippen molar-refractivity contribution in [2.45, 2.75) is 45.1 Å². The molecule has 2 unspecified atom stereocenters. The van der Waals surface area contributed by atoms with Crippen LogP contribution in [-0.4, -0.2) is 23.1 Å². The zero-order valence-electron chi connectivity index (χ0n) is 11.1. The molecule has 5 heteroatoms. The van der Waals surface area contributed by atoms with Crippen molar-refractivity contribution in [1.82, 2.24) is 9.97 Å². The lowest BCUT2D eigenvalue weighted by Gasteiger charge is -2.31. The molecule has 0 amide bonds. The van der Waals surface area contributed by atoms with Crippen LogP contribution in [0.4, 0.5) is 11.8 Å². The second kappa shape index (κ2) is 5.89. The fourth-order valence-corrected chi connectivity index (χ4v) is 2.70. The lowest BCUT2D eigenvalue weighted by atomic mass is 9.83. The third-order valence-electron chi connectivity index (χ3n) is 3.70. The molecule has 0 radical (unpaired) electrons. The van der Waals surface area contributed by atoms with Crippen molar-refractivity contribution in [3.8, 4) is 5.88 Å². The molecule has 0 spiro atoms. The van der Waals surface area contributed by atoms with Crippen LogP contribution in [0, 0.1) is 5.92 Å². The zero-order chi connectivity index (χ0) is 13.0. The zero-order valence-corrected chi connectivity index (χ0v) is 11.1. The molecule has 18 heavy (non-hydrogen) atoms. The Labute approximate surface area is 108 Å². The first-order valence-corrected chi connectivity index (χ1v) is 6.68.